The first-order valence-electron chi connectivity index (χ1n) is 5.76. The minimum Gasteiger partial charge on any atom is -0.481 e. The Kier molecular flexibility index (Phi) is 2.57. The first kappa shape index (κ1) is 11.3. The van der Waals surface area contributed by atoms with Crippen molar-refractivity contribution in [2.24, 2.45) is 5.92 Å². The average molecular weight is 247 g/mol. The highest BCUT2D eigenvalue weighted by Gasteiger charge is 2.40. The number of nitrogens with one attached hydrogen (secondary N) is 1. The fourth-order valence-electron chi connectivity index (χ4n) is 2.32. The molecule has 5 heteroatoms. The van der Waals surface area contributed by atoms with Crippen LogP contribution in [0.2, 0.25) is 0 Å². The molecule has 3 N–H and O–H groups in total. The van der Waals surface area contributed by atoms with Gasteiger partial charge in [0, 0.05) is 6.08 Å². The van der Waals surface area contributed by atoms with Gasteiger partial charge in [-0.15, -0.1) is 0 Å². The van der Waals surface area contributed by atoms with Gasteiger partial charge in [0.05, 0.1) is 30.5 Å². The molecule has 0 aromatic heterocycles. The van der Waals surface area contributed by atoms with E-state index in [1.54, 1.807) is 18.2 Å². The topological polar surface area (TPSA) is 78.8 Å². The van der Waals surface area contributed by atoms with Gasteiger partial charge in [-0.3, -0.25) is 4.79 Å². The molecule has 1 aliphatic carbocycles. The summed E-state index contributed by atoms with van der Waals surface area (Å²) in [7, 11) is 0. The molecule has 3 rings (SSSR count). The Hall–Kier alpha value is -1.85. The minimum absolute atomic E-state index is 0.0460. The number of allylic oxidation sites excluding steroid dienone is 1. The van der Waals surface area contributed by atoms with Gasteiger partial charge < -0.3 is 20.3 Å². The molecule has 1 aromatic carbocycles. The molecule has 0 saturated carbocycles. The zero-order valence-electron chi connectivity index (χ0n) is 9.59. The molecule has 5 nitrogen and oxygen atoms in total. The van der Waals surface area contributed by atoms with Crippen molar-refractivity contribution in [3.05, 3.63) is 35.5 Å². The summed E-state index contributed by atoms with van der Waals surface area (Å²) in [6.45, 7) is -0.273. The van der Waals surface area contributed by atoms with Crippen LogP contribution in [0.25, 0.3) is 0 Å². The van der Waals surface area contributed by atoms with Crippen LogP contribution in [0, 0.1) is 5.92 Å². The molecule has 1 aromatic rings. The van der Waals surface area contributed by atoms with E-state index in [4.69, 9.17) is 9.84 Å². The first-order valence-corrected chi connectivity index (χ1v) is 5.76. The zero-order chi connectivity index (χ0) is 12.7. The number of hydrogen-bond donors (Lipinski definition) is 3. The molecule has 0 spiro atoms. The summed E-state index contributed by atoms with van der Waals surface area (Å²) in [5.74, 6) is -0.0270. The predicted molar refractivity (Wildman–Crippen MR) is 64.1 cm³/mol. The van der Waals surface area contributed by atoms with Gasteiger partial charge in [-0.1, -0.05) is 6.07 Å². The number of ketones is 1. The highest BCUT2D eigenvalue weighted by molar-refractivity contribution is 5.97. The molecule has 2 unspecified atom stereocenters. The summed E-state index contributed by atoms with van der Waals surface area (Å²) in [5.41, 5.74) is 2.17. The van der Waals surface area contributed by atoms with Crippen molar-refractivity contribution >= 4 is 11.5 Å². The largest absolute Gasteiger partial charge is 0.481 e. The van der Waals surface area contributed by atoms with Gasteiger partial charge in [-0.05, 0) is 17.7 Å². The molecule has 18 heavy (non-hydrogen) atoms. The highest BCUT2D eigenvalue weighted by atomic mass is 16.5. The van der Waals surface area contributed by atoms with Crippen molar-refractivity contribution in [2.45, 2.75) is 12.7 Å². The van der Waals surface area contributed by atoms with Crippen molar-refractivity contribution in [3.8, 4) is 5.75 Å². The molecule has 1 aliphatic heterocycles. The van der Waals surface area contributed by atoms with Crippen molar-refractivity contribution in [1.29, 1.82) is 0 Å². The summed E-state index contributed by atoms with van der Waals surface area (Å²) in [4.78, 5) is 11.6. The maximum atomic E-state index is 11.6. The van der Waals surface area contributed by atoms with E-state index in [-0.39, 0.29) is 19.0 Å². The van der Waals surface area contributed by atoms with E-state index in [1.807, 2.05) is 0 Å². The Morgan fingerprint density at radius 3 is 2.89 bits per heavy atom. The number of carbonyl (C=O) groups is 1. The summed E-state index contributed by atoms with van der Waals surface area (Å²) in [6.07, 6.45) is 1.04. The summed E-state index contributed by atoms with van der Waals surface area (Å²) < 4.78 is 5.74. The molecule has 0 bridgehead atoms. The Morgan fingerprint density at radius 2 is 2.17 bits per heavy atom. The third-order valence-corrected chi connectivity index (χ3v) is 3.29. The smallest absolute Gasteiger partial charge is 0.167 e. The van der Waals surface area contributed by atoms with Gasteiger partial charge in [0.2, 0.25) is 0 Å². The van der Waals surface area contributed by atoms with Crippen LogP contribution < -0.4 is 10.1 Å². The van der Waals surface area contributed by atoms with E-state index in [0.717, 1.165) is 11.3 Å². The van der Waals surface area contributed by atoms with Crippen LogP contribution in [0.3, 0.4) is 0 Å². The number of anilines is 1. The molecule has 2 atom stereocenters. The first-order chi connectivity index (χ1) is 8.72. The number of hydrogen-bond acceptors (Lipinski definition) is 5. The lowest BCUT2D eigenvalue weighted by atomic mass is 10.0. The fraction of sp³-hybridized carbons (Fsp3) is 0.308. The summed E-state index contributed by atoms with van der Waals surface area (Å²) >= 11 is 0. The van der Waals surface area contributed by atoms with Crippen LogP contribution in [-0.4, -0.2) is 28.7 Å². The monoisotopic (exact) mass is 247 g/mol. The lowest BCUT2D eigenvalue weighted by molar-refractivity contribution is -0.120. The second-order valence-electron chi connectivity index (χ2n) is 4.44. The zero-order valence-corrected chi connectivity index (χ0v) is 9.59. The molecule has 0 fully saturated rings. The van der Waals surface area contributed by atoms with Crippen molar-refractivity contribution in [3.63, 3.8) is 0 Å². The average Bonchev–Trinajstić information content (AvgIpc) is 2.69. The third-order valence-electron chi connectivity index (χ3n) is 3.29. The van der Waals surface area contributed by atoms with Crippen LogP contribution in [-0.2, 0) is 11.4 Å². The molecule has 1 heterocycles. The van der Waals surface area contributed by atoms with Gasteiger partial charge in [-0.25, -0.2) is 0 Å². The van der Waals surface area contributed by atoms with Gasteiger partial charge in [0.15, 0.2) is 11.9 Å². The SMILES string of the molecule is O=C1C=C2Nc3cc(CO)ccc3OC2C1CO. The highest BCUT2D eigenvalue weighted by Crippen LogP contribution is 2.38. The van der Waals surface area contributed by atoms with Crippen LogP contribution >= 0.6 is 0 Å². The quantitative estimate of drug-likeness (QED) is 0.706. The minimum atomic E-state index is -0.529. The molecule has 0 amide bonds. The van der Waals surface area contributed by atoms with Crippen molar-refractivity contribution in [2.75, 3.05) is 11.9 Å². The molecule has 0 radical (unpaired) electrons. The van der Waals surface area contributed by atoms with Crippen LogP contribution in [0.5, 0.6) is 5.75 Å². The second kappa shape index (κ2) is 4.12. The van der Waals surface area contributed by atoms with Crippen LogP contribution in [0.4, 0.5) is 5.69 Å². The van der Waals surface area contributed by atoms with Gasteiger partial charge in [-0.2, -0.15) is 0 Å². The number of ether oxygens (including phenoxy) is 1. The van der Waals surface area contributed by atoms with Crippen molar-refractivity contribution in [1.82, 2.24) is 0 Å². The van der Waals surface area contributed by atoms with E-state index in [9.17, 15) is 9.90 Å². The van der Waals surface area contributed by atoms with Crippen LogP contribution in [0.15, 0.2) is 30.0 Å². The van der Waals surface area contributed by atoms with E-state index in [0.29, 0.717) is 11.4 Å². The Labute approximate surface area is 104 Å². The molecule has 94 valence electrons. The van der Waals surface area contributed by atoms with Gasteiger partial charge in [0.25, 0.3) is 0 Å². The van der Waals surface area contributed by atoms with E-state index < -0.39 is 12.0 Å². The van der Waals surface area contributed by atoms with E-state index in [1.165, 1.54) is 6.08 Å². The lowest BCUT2D eigenvalue weighted by Gasteiger charge is -2.29. The number of benzene rings is 1. The molecular formula is C13H13NO4. The van der Waals surface area contributed by atoms with Gasteiger partial charge in [0.1, 0.15) is 5.75 Å². The number of aliphatic hydroxyl groups excluding tert-OH is 2. The third kappa shape index (κ3) is 1.60. The number of rotatable bonds is 2. The van der Waals surface area contributed by atoms with Gasteiger partial charge >= 0.3 is 0 Å². The van der Waals surface area contributed by atoms with E-state index in [2.05, 4.69) is 5.32 Å². The number of carbonyl (C=O) groups excluding carboxylic acids is 1. The number of fused-ring (bicyclic) bond motifs is 2. The summed E-state index contributed by atoms with van der Waals surface area (Å²) in [5, 5.41) is 21.4. The lowest BCUT2D eigenvalue weighted by Crippen LogP contribution is -2.35. The van der Waals surface area contributed by atoms with Crippen LogP contribution in [0.1, 0.15) is 5.56 Å². The Bertz CT molecular complexity index is 538. The molecule has 2 aliphatic rings. The maximum absolute atomic E-state index is 11.6. The number of aliphatic hydroxyl groups is 2. The maximum Gasteiger partial charge on any atom is 0.167 e. The standard InChI is InChI=1S/C13H13NO4/c15-5-7-1-2-12-9(3-7)14-10-4-11(17)8(6-16)13(10)18-12/h1-4,8,13-16H,5-6H2. The Balaban J connectivity index is 1.96. The summed E-state index contributed by atoms with van der Waals surface area (Å²) in [6, 6.07) is 5.30. The predicted octanol–water partition coefficient (Wildman–Crippen LogP) is 0.427. The Morgan fingerprint density at radius 1 is 1.33 bits per heavy atom. The normalized spacial score (nSPS) is 24.8. The fourth-order valence-corrected chi connectivity index (χ4v) is 2.32. The van der Waals surface area contributed by atoms with E-state index >= 15 is 0 Å². The van der Waals surface area contributed by atoms with Crippen molar-refractivity contribution < 1.29 is 19.7 Å². The second-order valence-corrected chi connectivity index (χ2v) is 4.44. The molecular weight excluding hydrogens is 234 g/mol. The molecule has 0 saturated heterocycles.